The lowest BCUT2D eigenvalue weighted by Crippen LogP contribution is -2.20. The lowest BCUT2D eigenvalue weighted by molar-refractivity contribution is 0.103. The van der Waals surface area contributed by atoms with Crippen LogP contribution in [0.1, 0.15) is 0 Å². The van der Waals surface area contributed by atoms with E-state index in [1.54, 1.807) is 0 Å². The van der Waals surface area contributed by atoms with Crippen molar-refractivity contribution in [2.24, 2.45) is 5.92 Å². The lowest BCUT2D eigenvalue weighted by atomic mass is 10.1. The van der Waals surface area contributed by atoms with Crippen LogP contribution in [0.3, 0.4) is 0 Å². The zero-order chi connectivity index (χ0) is 6.85. The Morgan fingerprint density at radius 2 is 2.22 bits per heavy atom. The SMILES string of the molecule is CN1CC(O)[C@@H](CO)C1. The van der Waals surface area contributed by atoms with Crippen molar-refractivity contribution in [2.75, 3.05) is 26.7 Å². The summed E-state index contributed by atoms with van der Waals surface area (Å²) in [4.78, 5) is 2.02. The highest BCUT2D eigenvalue weighted by Crippen LogP contribution is 2.13. The summed E-state index contributed by atoms with van der Waals surface area (Å²) in [5.74, 6) is 0.0787. The van der Waals surface area contributed by atoms with Crippen LogP contribution in [-0.2, 0) is 0 Å². The van der Waals surface area contributed by atoms with Gasteiger partial charge in [-0.2, -0.15) is 0 Å². The third kappa shape index (κ3) is 1.41. The first-order valence-corrected chi connectivity index (χ1v) is 3.21. The highest BCUT2D eigenvalue weighted by molar-refractivity contribution is 4.80. The molecule has 0 saturated carbocycles. The Morgan fingerprint density at radius 3 is 2.44 bits per heavy atom. The van der Waals surface area contributed by atoms with E-state index in [1.807, 2.05) is 11.9 Å². The van der Waals surface area contributed by atoms with E-state index in [9.17, 15) is 0 Å². The molecule has 0 bridgehead atoms. The van der Waals surface area contributed by atoms with E-state index in [1.165, 1.54) is 0 Å². The minimum absolute atomic E-state index is 0.0787. The molecule has 0 spiro atoms. The van der Waals surface area contributed by atoms with Crippen molar-refractivity contribution >= 4 is 0 Å². The molecule has 1 heterocycles. The summed E-state index contributed by atoms with van der Waals surface area (Å²) >= 11 is 0. The second-order valence-corrected chi connectivity index (χ2v) is 2.73. The molecule has 2 N–H and O–H groups in total. The predicted octanol–water partition coefficient (Wildman–Crippen LogP) is -1.10. The number of aliphatic hydroxyl groups is 2. The van der Waals surface area contributed by atoms with E-state index < -0.39 is 0 Å². The number of rotatable bonds is 1. The van der Waals surface area contributed by atoms with Crippen molar-refractivity contribution in [1.82, 2.24) is 4.90 Å². The number of β-amino-alcohol motifs (C(OH)–C–C–N with tert-alkyl or cyclic N) is 1. The summed E-state index contributed by atoms with van der Waals surface area (Å²) < 4.78 is 0. The molecule has 0 aliphatic carbocycles. The molecular formula is C6H13NO2. The number of likely N-dealkylation sites (N-methyl/N-ethyl adjacent to an activating group) is 1. The van der Waals surface area contributed by atoms with Gasteiger partial charge in [0.15, 0.2) is 0 Å². The molecule has 3 heteroatoms. The Morgan fingerprint density at radius 1 is 1.56 bits per heavy atom. The Labute approximate surface area is 54.9 Å². The molecular weight excluding hydrogens is 118 g/mol. The zero-order valence-corrected chi connectivity index (χ0v) is 5.62. The van der Waals surface area contributed by atoms with Crippen LogP contribution in [0.2, 0.25) is 0 Å². The van der Waals surface area contributed by atoms with Gasteiger partial charge in [-0.25, -0.2) is 0 Å². The van der Waals surface area contributed by atoms with Crippen LogP contribution in [0.4, 0.5) is 0 Å². The monoisotopic (exact) mass is 131 g/mol. The van der Waals surface area contributed by atoms with Crippen LogP contribution in [-0.4, -0.2) is 48.0 Å². The normalized spacial score (nSPS) is 37.7. The van der Waals surface area contributed by atoms with Crippen molar-refractivity contribution in [1.29, 1.82) is 0 Å². The number of likely N-dealkylation sites (tertiary alicyclic amines) is 1. The average molecular weight is 131 g/mol. The first kappa shape index (κ1) is 6.99. The van der Waals surface area contributed by atoms with Crippen LogP contribution in [0, 0.1) is 5.92 Å². The van der Waals surface area contributed by atoms with Crippen LogP contribution in [0.25, 0.3) is 0 Å². The van der Waals surface area contributed by atoms with Crippen LogP contribution in [0.15, 0.2) is 0 Å². The average Bonchev–Trinajstić information content (AvgIpc) is 2.10. The molecule has 54 valence electrons. The highest BCUT2D eigenvalue weighted by atomic mass is 16.3. The molecule has 2 atom stereocenters. The van der Waals surface area contributed by atoms with Crippen molar-refractivity contribution < 1.29 is 10.2 Å². The first-order valence-electron chi connectivity index (χ1n) is 3.21. The van der Waals surface area contributed by atoms with Gasteiger partial charge >= 0.3 is 0 Å². The minimum Gasteiger partial charge on any atom is -0.396 e. The Kier molecular flexibility index (Phi) is 2.05. The summed E-state index contributed by atoms with van der Waals surface area (Å²) in [5.41, 5.74) is 0. The highest BCUT2D eigenvalue weighted by Gasteiger charge is 2.27. The summed E-state index contributed by atoms with van der Waals surface area (Å²) in [5, 5.41) is 17.8. The molecule has 3 nitrogen and oxygen atoms in total. The van der Waals surface area contributed by atoms with Gasteiger partial charge in [-0.3, -0.25) is 0 Å². The molecule has 1 fully saturated rings. The van der Waals surface area contributed by atoms with Crippen molar-refractivity contribution in [3.05, 3.63) is 0 Å². The van der Waals surface area contributed by atoms with E-state index >= 15 is 0 Å². The van der Waals surface area contributed by atoms with Gasteiger partial charge in [0.1, 0.15) is 0 Å². The van der Waals surface area contributed by atoms with E-state index in [0.29, 0.717) is 6.54 Å². The van der Waals surface area contributed by atoms with Gasteiger partial charge in [-0.15, -0.1) is 0 Å². The second kappa shape index (κ2) is 2.64. The molecule has 1 aliphatic heterocycles. The first-order chi connectivity index (χ1) is 4.24. The fourth-order valence-corrected chi connectivity index (χ4v) is 1.24. The molecule has 0 aromatic rings. The summed E-state index contributed by atoms with van der Waals surface area (Å²) in [6.45, 7) is 1.62. The number of nitrogens with zero attached hydrogens (tertiary/aromatic N) is 1. The Bertz CT molecular complexity index is 97.1. The van der Waals surface area contributed by atoms with Crippen LogP contribution < -0.4 is 0 Å². The molecule has 0 aromatic carbocycles. The minimum atomic E-state index is -0.319. The smallest absolute Gasteiger partial charge is 0.0729 e. The van der Waals surface area contributed by atoms with Crippen molar-refractivity contribution in [2.45, 2.75) is 6.10 Å². The van der Waals surface area contributed by atoms with Gasteiger partial charge in [0.05, 0.1) is 6.10 Å². The third-order valence-corrected chi connectivity index (χ3v) is 1.82. The molecule has 9 heavy (non-hydrogen) atoms. The lowest BCUT2D eigenvalue weighted by Gasteiger charge is -2.07. The maximum Gasteiger partial charge on any atom is 0.0729 e. The summed E-state index contributed by atoms with van der Waals surface area (Å²) in [6, 6.07) is 0. The van der Waals surface area contributed by atoms with E-state index in [2.05, 4.69) is 0 Å². The summed E-state index contributed by atoms with van der Waals surface area (Å²) in [7, 11) is 1.94. The van der Waals surface area contributed by atoms with Gasteiger partial charge in [-0.05, 0) is 7.05 Å². The van der Waals surface area contributed by atoms with Crippen LogP contribution >= 0.6 is 0 Å². The van der Waals surface area contributed by atoms with Crippen LogP contribution in [0.5, 0.6) is 0 Å². The summed E-state index contributed by atoms with van der Waals surface area (Å²) in [6.07, 6.45) is -0.319. The Hall–Kier alpha value is -0.120. The van der Waals surface area contributed by atoms with Gasteiger partial charge in [0.2, 0.25) is 0 Å². The molecule has 1 saturated heterocycles. The molecule has 1 aliphatic rings. The quantitative estimate of drug-likeness (QED) is 0.475. The van der Waals surface area contributed by atoms with Gasteiger partial charge < -0.3 is 15.1 Å². The van der Waals surface area contributed by atoms with E-state index in [0.717, 1.165) is 6.54 Å². The largest absolute Gasteiger partial charge is 0.396 e. The fourth-order valence-electron chi connectivity index (χ4n) is 1.24. The number of hydrogen-bond donors (Lipinski definition) is 2. The Balaban J connectivity index is 2.38. The van der Waals surface area contributed by atoms with Gasteiger partial charge in [-0.1, -0.05) is 0 Å². The number of hydrogen-bond acceptors (Lipinski definition) is 3. The maximum absolute atomic E-state index is 9.16. The second-order valence-electron chi connectivity index (χ2n) is 2.73. The zero-order valence-electron chi connectivity index (χ0n) is 5.62. The standard InChI is InChI=1S/C6H13NO2/c1-7-2-5(4-8)6(9)3-7/h5-6,8-9H,2-4H2,1H3/t5-,6?/m1/s1. The molecule has 0 aromatic heterocycles. The molecule has 0 radical (unpaired) electrons. The number of aliphatic hydroxyl groups excluding tert-OH is 2. The van der Waals surface area contributed by atoms with Gasteiger partial charge in [0.25, 0.3) is 0 Å². The molecule has 1 unspecified atom stereocenters. The molecule has 1 rings (SSSR count). The van der Waals surface area contributed by atoms with E-state index in [-0.39, 0.29) is 18.6 Å². The van der Waals surface area contributed by atoms with Crippen molar-refractivity contribution in [3.8, 4) is 0 Å². The third-order valence-electron chi connectivity index (χ3n) is 1.82. The predicted molar refractivity (Wildman–Crippen MR) is 34.1 cm³/mol. The maximum atomic E-state index is 9.16. The fraction of sp³-hybridized carbons (Fsp3) is 1.00. The topological polar surface area (TPSA) is 43.7 Å². The van der Waals surface area contributed by atoms with E-state index in [4.69, 9.17) is 10.2 Å². The van der Waals surface area contributed by atoms with Crippen molar-refractivity contribution in [3.63, 3.8) is 0 Å². The molecule has 0 amide bonds. The van der Waals surface area contributed by atoms with Gasteiger partial charge in [0, 0.05) is 25.6 Å².